The van der Waals surface area contributed by atoms with E-state index in [2.05, 4.69) is 24.9 Å². The molecular formula is C90H135FN4O19S. The van der Waals surface area contributed by atoms with Gasteiger partial charge in [-0.1, -0.05) is 70.2 Å². The van der Waals surface area contributed by atoms with Crippen LogP contribution < -0.4 is 10.5 Å². The van der Waals surface area contributed by atoms with Crippen molar-refractivity contribution >= 4 is 47.4 Å². The highest BCUT2D eigenvalue weighted by molar-refractivity contribution is 7.99. The molecule has 3 fully saturated rings. The summed E-state index contributed by atoms with van der Waals surface area (Å²) in [5.41, 5.74) is 11.0. The van der Waals surface area contributed by atoms with E-state index in [-0.39, 0.29) is 72.0 Å². The van der Waals surface area contributed by atoms with Gasteiger partial charge in [0.2, 0.25) is 5.78 Å². The van der Waals surface area contributed by atoms with Crippen LogP contribution in [-0.4, -0.2) is 238 Å². The van der Waals surface area contributed by atoms with Crippen LogP contribution in [0.4, 0.5) is 10.2 Å². The van der Waals surface area contributed by atoms with Crippen molar-refractivity contribution in [1.82, 2.24) is 14.8 Å². The number of rotatable bonds is 57. The zero-order valence-electron chi connectivity index (χ0n) is 70.0. The number of methoxy groups -OCH3 is 1. The first kappa shape index (κ1) is 95.8. The summed E-state index contributed by atoms with van der Waals surface area (Å²) in [6.07, 6.45) is 26.9. The summed E-state index contributed by atoms with van der Waals surface area (Å²) in [6, 6.07) is 13.0. The predicted molar refractivity (Wildman–Crippen MR) is 445 cm³/mol. The van der Waals surface area contributed by atoms with E-state index in [1.807, 2.05) is 82.3 Å². The van der Waals surface area contributed by atoms with E-state index in [1.165, 1.54) is 11.8 Å². The molecule has 3 aliphatic heterocycles. The molecule has 7 unspecified atom stereocenters. The third-order valence-electron chi connectivity index (χ3n) is 22.0. The van der Waals surface area contributed by atoms with Crippen LogP contribution in [0.5, 0.6) is 5.75 Å². The van der Waals surface area contributed by atoms with Crippen molar-refractivity contribution in [2.45, 2.75) is 212 Å². The lowest BCUT2D eigenvalue weighted by Crippen LogP contribution is -2.49. The highest BCUT2D eigenvalue weighted by Gasteiger charge is 2.40. The quantitative estimate of drug-likeness (QED) is 0.0133. The van der Waals surface area contributed by atoms with E-state index >= 15 is 4.39 Å². The number of fused-ring (bicyclic) bond motifs is 1. The second kappa shape index (κ2) is 55.5. The summed E-state index contributed by atoms with van der Waals surface area (Å²) in [4.78, 5) is 73.0. The SMILES string of the molecule is COC(C[C@@H]1CC[C@@H](C)C(C(=O)C(=O)N2CCCCC2)O1)/C(C)=C/C=C/C=C/C(C)CC(C)C(=O)CC(O)/C(C)=C/C(C)CCC(CCC1CCC(OCCOCCOCCOCCOCCOCCOCCOCCOCCCCSc2ccc(C(=O)N3CCOc4ccc(-c5ccc(N)nc5)cc4C3)c(C)c2F)CC1)OC=O. The first-order chi connectivity index (χ1) is 55.8. The van der Waals surface area contributed by atoms with Crippen LogP contribution in [-0.2, 0) is 82.6 Å². The zero-order chi connectivity index (χ0) is 82.4. The van der Waals surface area contributed by atoms with E-state index in [9.17, 15) is 29.1 Å². The Morgan fingerprint density at radius 2 is 1.34 bits per heavy atom. The number of aromatic nitrogens is 1. The number of benzene rings is 2. The molecule has 4 aliphatic rings. The van der Waals surface area contributed by atoms with Gasteiger partial charge in [0.1, 0.15) is 42.0 Å². The molecule has 0 spiro atoms. The molecule has 1 aliphatic carbocycles. The number of Topliss-reactive ketones (excluding diaryl/α,β-unsaturated/α-hetero) is 2. The van der Waals surface area contributed by atoms with Gasteiger partial charge in [0.25, 0.3) is 18.3 Å². The minimum atomic E-state index is -0.860. The molecule has 1 aromatic heterocycles. The van der Waals surface area contributed by atoms with Crippen LogP contribution in [0.25, 0.3) is 11.1 Å². The van der Waals surface area contributed by atoms with Gasteiger partial charge in [-0.2, -0.15) is 0 Å². The molecule has 2 aromatic carbocycles. The van der Waals surface area contributed by atoms with E-state index in [4.69, 9.17) is 67.3 Å². The van der Waals surface area contributed by atoms with Crippen molar-refractivity contribution in [2.75, 3.05) is 157 Å². The molecule has 2 saturated heterocycles. The lowest BCUT2D eigenvalue weighted by atomic mass is 9.83. The van der Waals surface area contributed by atoms with Gasteiger partial charge >= 0.3 is 0 Å². The number of thioether (sulfide) groups is 1. The lowest BCUT2D eigenvalue weighted by molar-refractivity contribution is -0.161. The summed E-state index contributed by atoms with van der Waals surface area (Å²) >= 11 is 1.44. The maximum absolute atomic E-state index is 15.6. The number of allylic oxidation sites excluding steroid dienone is 6. The fraction of sp³-hybridized carbons (Fsp3) is 0.667. The highest BCUT2D eigenvalue weighted by Crippen LogP contribution is 2.35. The van der Waals surface area contributed by atoms with Crippen LogP contribution in [0.15, 0.2) is 101 Å². The van der Waals surface area contributed by atoms with Crippen molar-refractivity contribution in [2.24, 2.45) is 29.6 Å². The van der Waals surface area contributed by atoms with Crippen LogP contribution in [0.3, 0.4) is 0 Å². The van der Waals surface area contributed by atoms with E-state index in [0.717, 1.165) is 136 Å². The molecule has 0 radical (unpaired) electrons. The standard InChI is InChI=1S/C90H135FN4O19S/c1-65(17-11-9-12-18-67(3)83(102-8)60-78-27-20-68(4)88(114-78)87(99)90(101)94-35-13-10-14-36-94)57-69(5)80(97)61-81(98)70(6)58-66(2)19-26-77(113-64-96)30-23-72-21-28-76(29-22-72)111-55-54-110-53-52-109-51-50-108-49-48-107-47-46-106-45-44-105-43-42-104-41-40-103-38-15-16-56-115-84-33-31-79(71(7)86(84)91)89(100)95-37-39-112-82-32-24-73(59-75(82)63-95)74-25-34-85(92)93-62-74/h9,11-12,17-18,24-25,31-34,58-59,62,64-66,68-69,72,76-78,81,83,88,98H,10,13-16,19-23,26-30,35-57,60-61,63H2,1-8H3,(H2,92,93)/b12-9+,17-11+,67-18+,70-58+/t65?,66?,68-,69?,72?,76?,77?,78+,81?,83?,88?/m1/s1. The molecule has 642 valence electrons. The Balaban J connectivity index is 0.592. The summed E-state index contributed by atoms with van der Waals surface area (Å²) in [7, 11) is 1.68. The van der Waals surface area contributed by atoms with E-state index < -0.39 is 23.9 Å². The van der Waals surface area contributed by atoms with Crippen LogP contribution >= 0.6 is 11.8 Å². The van der Waals surface area contributed by atoms with Crippen molar-refractivity contribution < 1.29 is 95.0 Å². The van der Waals surface area contributed by atoms with Crippen molar-refractivity contribution in [1.29, 1.82) is 0 Å². The van der Waals surface area contributed by atoms with Gasteiger partial charge in [0, 0.05) is 79.9 Å². The number of aliphatic hydroxyl groups excluding tert-OH is 1. The molecule has 3 N–H and O–H groups in total. The van der Waals surface area contributed by atoms with E-state index in [0.29, 0.717) is 192 Å². The summed E-state index contributed by atoms with van der Waals surface area (Å²) in [5.74, 6) is 1.09. The van der Waals surface area contributed by atoms with Crippen LogP contribution in [0.1, 0.15) is 179 Å². The predicted octanol–water partition coefficient (Wildman–Crippen LogP) is 14.3. The molecule has 115 heavy (non-hydrogen) atoms. The number of nitrogen functional groups attached to an aromatic ring is 1. The highest BCUT2D eigenvalue weighted by atomic mass is 32.2. The summed E-state index contributed by atoms with van der Waals surface area (Å²) in [5, 5.41) is 11.1. The normalized spacial score (nSPS) is 20.0. The number of aliphatic hydroxyl groups is 1. The molecule has 25 heteroatoms. The lowest BCUT2D eigenvalue weighted by Gasteiger charge is -2.36. The Labute approximate surface area is 688 Å². The molecular weight excluding hydrogens is 1490 g/mol. The fourth-order valence-corrected chi connectivity index (χ4v) is 15.9. The first-order valence-corrected chi connectivity index (χ1v) is 43.2. The van der Waals surface area contributed by atoms with E-state index in [1.54, 1.807) is 48.2 Å². The van der Waals surface area contributed by atoms with Gasteiger partial charge in [-0.3, -0.25) is 24.0 Å². The number of carbonyl (C=O) groups excluding carboxylic acids is 5. The number of ketones is 2. The molecule has 1 saturated carbocycles. The number of halogens is 1. The Hall–Kier alpha value is -6.30. The number of hydrogen-bond donors (Lipinski definition) is 2. The summed E-state index contributed by atoms with van der Waals surface area (Å²) in [6.45, 7) is 24.7. The number of hydrogen-bond acceptors (Lipinski definition) is 22. The maximum atomic E-state index is 15.6. The monoisotopic (exact) mass is 1630 g/mol. The largest absolute Gasteiger partial charge is 0.491 e. The molecule has 0 bridgehead atoms. The van der Waals surface area contributed by atoms with Gasteiger partial charge in [0.05, 0.1) is 137 Å². The minimum Gasteiger partial charge on any atom is -0.491 e. The number of pyridine rings is 1. The number of piperidine rings is 1. The minimum absolute atomic E-state index is 0.0135. The molecule has 2 amide bonds. The smallest absolute Gasteiger partial charge is 0.293 e. The number of unbranched alkanes of at least 4 members (excludes halogenated alkanes) is 1. The Morgan fingerprint density at radius 3 is 1.97 bits per heavy atom. The van der Waals surface area contributed by atoms with Gasteiger partial charge in [-0.15, -0.1) is 11.8 Å². The molecule has 3 aromatic rings. The van der Waals surface area contributed by atoms with Crippen LogP contribution in [0.2, 0.25) is 0 Å². The third kappa shape index (κ3) is 36.0. The maximum Gasteiger partial charge on any atom is 0.293 e. The van der Waals surface area contributed by atoms with Crippen molar-refractivity contribution in [3.63, 3.8) is 0 Å². The van der Waals surface area contributed by atoms with Gasteiger partial charge < -0.3 is 82.2 Å². The molecule has 23 nitrogen and oxygen atoms in total. The van der Waals surface area contributed by atoms with Gasteiger partial charge in [0.15, 0.2) is 0 Å². The molecule has 9 atom stereocenters. The average molecular weight is 1630 g/mol. The van der Waals surface area contributed by atoms with Gasteiger partial charge in [-0.05, 0) is 212 Å². The van der Waals surface area contributed by atoms with Gasteiger partial charge in [-0.25, -0.2) is 9.37 Å². The number of nitrogens with two attached hydrogens (primary N) is 1. The average Bonchev–Trinajstić information content (AvgIpc) is 1.80. The second-order valence-corrected chi connectivity index (χ2v) is 32.3. The summed E-state index contributed by atoms with van der Waals surface area (Å²) < 4.78 is 90.6. The fourth-order valence-electron chi connectivity index (χ4n) is 14.9. The Kier molecular flexibility index (Phi) is 46.2. The second-order valence-electron chi connectivity index (χ2n) is 31.2. The number of nitrogens with zero attached hydrogens (tertiary/aromatic N) is 3. The third-order valence-corrected chi connectivity index (χ3v) is 23.1. The molecule has 7 rings (SSSR count). The molecule has 4 heterocycles. The van der Waals surface area contributed by atoms with Crippen molar-refractivity contribution in [3.05, 3.63) is 119 Å². The topological polar surface area (TPSA) is 271 Å². The zero-order valence-corrected chi connectivity index (χ0v) is 70.8. The first-order valence-electron chi connectivity index (χ1n) is 42.3. The van der Waals surface area contributed by atoms with Crippen LogP contribution in [0, 0.1) is 42.3 Å². The number of anilines is 1. The number of carbonyl (C=O) groups is 5. The number of ether oxygens (including phenoxy) is 13. The number of likely N-dealkylation sites (tertiary alicyclic amines) is 1. The Morgan fingerprint density at radius 1 is 0.704 bits per heavy atom. The Bertz CT molecular complexity index is 3440. The van der Waals surface area contributed by atoms with Crippen molar-refractivity contribution in [3.8, 4) is 16.9 Å². The number of amides is 2.